The van der Waals surface area contributed by atoms with Gasteiger partial charge in [0.2, 0.25) is 0 Å². The monoisotopic (exact) mass is 202 g/mol. The van der Waals surface area contributed by atoms with Gasteiger partial charge in [-0.15, -0.1) is 0 Å². The molecule has 1 fully saturated rings. The molecule has 1 aliphatic heterocycles. The molecule has 0 aromatic carbocycles. The molecule has 1 unspecified atom stereocenters. The smallest absolute Gasteiger partial charge is 0.326 e. The first-order chi connectivity index (χ1) is 6.16. The van der Waals surface area contributed by atoms with Gasteiger partial charge in [0.1, 0.15) is 6.04 Å². The number of hydrogen-bond donors (Lipinski definition) is 2. The predicted molar refractivity (Wildman–Crippen MR) is 53.9 cm³/mol. The first-order valence-electron chi connectivity index (χ1n) is 4.33. The number of aliphatic carboxylic acids is 1. The minimum atomic E-state index is -0.768. The SMILES string of the molecule is CNCC(=S)N1CCCC1C(=O)O. The lowest BCUT2D eigenvalue weighted by Gasteiger charge is -2.23. The molecule has 4 nitrogen and oxygen atoms in total. The quantitative estimate of drug-likeness (QED) is 0.635. The minimum absolute atomic E-state index is 0.402. The van der Waals surface area contributed by atoms with Gasteiger partial charge in [-0.2, -0.15) is 0 Å². The molecule has 1 aliphatic rings. The third kappa shape index (κ3) is 2.38. The van der Waals surface area contributed by atoms with Crippen molar-refractivity contribution in [3.8, 4) is 0 Å². The molecular formula is C8H14N2O2S. The van der Waals surface area contributed by atoms with Crippen molar-refractivity contribution in [1.82, 2.24) is 10.2 Å². The van der Waals surface area contributed by atoms with Crippen LogP contribution in [0.25, 0.3) is 0 Å². The molecule has 0 radical (unpaired) electrons. The maximum atomic E-state index is 10.8. The fraction of sp³-hybridized carbons (Fsp3) is 0.750. The van der Waals surface area contributed by atoms with Crippen LogP contribution in [0.3, 0.4) is 0 Å². The molecule has 0 saturated carbocycles. The van der Waals surface area contributed by atoms with E-state index in [0.717, 1.165) is 13.0 Å². The van der Waals surface area contributed by atoms with Crippen LogP contribution in [-0.4, -0.2) is 47.1 Å². The summed E-state index contributed by atoms with van der Waals surface area (Å²) in [6.07, 6.45) is 1.63. The Hall–Kier alpha value is -0.680. The van der Waals surface area contributed by atoms with Crippen LogP contribution in [0.5, 0.6) is 0 Å². The van der Waals surface area contributed by atoms with E-state index in [4.69, 9.17) is 17.3 Å². The van der Waals surface area contributed by atoms with Gasteiger partial charge in [-0.3, -0.25) is 0 Å². The van der Waals surface area contributed by atoms with E-state index in [-0.39, 0.29) is 0 Å². The average Bonchev–Trinajstić information content (AvgIpc) is 2.52. The van der Waals surface area contributed by atoms with Crippen LogP contribution in [0.2, 0.25) is 0 Å². The molecular weight excluding hydrogens is 188 g/mol. The minimum Gasteiger partial charge on any atom is -0.480 e. The van der Waals surface area contributed by atoms with Gasteiger partial charge in [0, 0.05) is 13.1 Å². The number of likely N-dealkylation sites (tertiary alicyclic amines) is 1. The van der Waals surface area contributed by atoms with Crippen LogP contribution in [-0.2, 0) is 4.79 Å². The molecule has 0 aliphatic carbocycles. The van der Waals surface area contributed by atoms with Crippen LogP contribution in [0, 0.1) is 0 Å². The van der Waals surface area contributed by atoms with E-state index < -0.39 is 12.0 Å². The van der Waals surface area contributed by atoms with E-state index in [9.17, 15) is 4.79 Å². The Morgan fingerprint density at radius 3 is 3.00 bits per heavy atom. The molecule has 0 aromatic heterocycles. The number of carbonyl (C=O) groups is 1. The van der Waals surface area contributed by atoms with Crippen molar-refractivity contribution in [2.75, 3.05) is 20.1 Å². The lowest BCUT2D eigenvalue weighted by Crippen LogP contribution is -2.42. The van der Waals surface area contributed by atoms with E-state index in [0.29, 0.717) is 18.0 Å². The van der Waals surface area contributed by atoms with Gasteiger partial charge in [0.05, 0.1) is 4.99 Å². The number of nitrogens with one attached hydrogen (secondary N) is 1. The Morgan fingerprint density at radius 2 is 2.46 bits per heavy atom. The summed E-state index contributed by atoms with van der Waals surface area (Å²) >= 11 is 5.11. The fourth-order valence-corrected chi connectivity index (χ4v) is 1.94. The second-order valence-electron chi connectivity index (χ2n) is 3.11. The number of rotatable bonds is 3. The molecule has 1 rings (SSSR count). The summed E-state index contributed by atoms with van der Waals surface area (Å²) in [5.74, 6) is -0.768. The second-order valence-corrected chi connectivity index (χ2v) is 3.58. The number of thiocarbonyl (C=S) groups is 1. The number of carboxylic acid groups (broad SMARTS) is 1. The van der Waals surface area contributed by atoms with Gasteiger partial charge in [-0.25, -0.2) is 4.79 Å². The maximum Gasteiger partial charge on any atom is 0.326 e. The highest BCUT2D eigenvalue weighted by Crippen LogP contribution is 2.17. The molecule has 1 heterocycles. The zero-order valence-corrected chi connectivity index (χ0v) is 8.43. The van der Waals surface area contributed by atoms with E-state index in [1.54, 1.807) is 11.9 Å². The van der Waals surface area contributed by atoms with Crippen molar-refractivity contribution in [2.24, 2.45) is 0 Å². The van der Waals surface area contributed by atoms with Crippen molar-refractivity contribution in [2.45, 2.75) is 18.9 Å². The van der Waals surface area contributed by atoms with Crippen molar-refractivity contribution < 1.29 is 9.90 Å². The summed E-state index contributed by atoms with van der Waals surface area (Å²) in [6.45, 7) is 1.36. The molecule has 0 spiro atoms. The van der Waals surface area contributed by atoms with Gasteiger partial charge in [0.25, 0.3) is 0 Å². The highest BCUT2D eigenvalue weighted by Gasteiger charge is 2.31. The van der Waals surface area contributed by atoms with Gasteiger partial charge >= 0.3 is 5.97 Å². The summed E-state index contributed by atoms with van der Waals surface area (Å²) < 4.78 is 0. The van der Waals surface area contributed by atoms with Crippen molar-refractivity contribution in [3.05, 3.63) is 0 Å². The van der Waals surface area contributed by atoms with Crippen molar-refractivity contribution in [3.63, 3.8) is 0 Å². The topological polar surface area (TPSA) is 52.6 Å². The van der Waals surface area contributed by atoms with Gasteiger partial charge in [-0.05, 0) is 19.9 Å². The normalized spacial score (nSPS) is 21.9. The standard InChI is InChI=1S/C8H14N2O2S/c1-9-5-7(13)10-4-2-3-6(10)8(11)12/h6,9H,2-5H2,1H3,(H,11,12). The molecule has 74 valence electrons. The van der Waals surface area contributed by atoms with Gasteiger partial charge < -0.3 is 15.3 Å². The highest BCUT2D eigenvalue weighted by molar-refractivity contribution is 7.80. The van der Waals surface area contributed by atoms with E-state index in [1.165, 1.54) is 0 Å². The van der Waals surface area contributed by atoms with Crippen LogP contribution >= 0.6 is 12.2 Å². The Kier molecular flexibility index (Phi) is 3.62. The van der Waals surface area contributed by atoms with E-state index >= 15 is 0 Å². The Labute approximate surface area is 82.9 Å². The zero-order chi connectivity index (χ0) is 9.84. The second kappa shape index (κ2) is 4.53. The summed E-state index contributed by atoms with van der Waals surface area (Å²) in [5, 5.41) is 11.8. The molecule has 0 aromatic rings. The molecule has 1 saturated heterocycles. The molecule has 0 amide bonds. The number of likely N-dealkylation sites (N-methyl/N-ethyl adjacent to an activating group) is 1. The fourth-order valence-electron chi connectivity index (χ4n) is 1.57. The Balaban J connectivity index is 2.57. The van der Waals surface area contributed by atoms with Crippen LogP contribution in [0.1, 0.15) is 12.8 Å². The van der Waals surface area contributed by atoms with Crippen molar-refractivity contribution >= 4 is 23.2 Å². The predicted octanol–water partition coefficient (Wildman–Crippen LogP) is 0.0822. The zero-order valence-electron chi connectivity index (χ0n) is 7.62. The molecule has 0 bridgehead atoms. The Morgan fingerprint density at radius 1 is 1.77 bits per heavy atom. The third-order valence-corrected chi connectivity index (χ3v) is 2.57. The summed E-state index contributed by atoms with van der Waals surface area (Å²) in [5.41, 5.74) is 0. The van der Waals surface area contributed by atoms with E-state index in [1.807, 2.05) is 0 Å². The van der Waals surface area contributed by atoms with Crippen LogP contribution in [0.4, 0.5) is 0 Å². The molecule has 2 N–H and O–H groups in total. The van der Waals surface area contributed by atoms with Crippen molar-refractivity contribution in [1.29, 1.82) is 0 Å². The number of carboxylic acids is 1. The average molecular weight is 202 g/mol. The lowest BCUT2D eigenvalue weighted by molar-refractivity contribution is -0.140. The molecule has 5 heteroatoms. The summed E-state index contributed by atoms with van der Waals surface area (Å²) in [6, 6.07) is -0.402. The Bertz CT molecular complexity index is 220. The van der Waals surface area contributed by atoms with Crippen LogP contribution < -0.4 is 5.32 Å². The summed E-state index contributed by atoms with van der Waals surface area (Å²) in [7, 11) is 1.80. The van der Waals surface area contributed by atoms with E-state index in [2.05, 4.69) is 5.32 Å². The first kappa shape index (κ1) is 10.4. The number of hydrogen-bond acceptors (Lipinski definition) is 3. The molecule has 1 atom stereocenters. The van der Waals surface area contributed by atoms with Gasteiger partial charge in [-0.1, -0.05) is 12.2 Å². The number of nitrogens with zero attached hydrogens (tertiary/aromatic N) is 1. The van der Waals surface area contributed by atoms with Crippen LogP contribution in [0.15, 0.2) is 0 Å². The highest BCUT2D eigenvalue weighted by atomic mass is 32.1. The maximum absolute atomic E-state index is 10.8. The largest absolute Gasteiger partial charge is 0.480 e. The van der Waals surface area contributed by atoms with Gasteiger partial charge in [0.15, 0.2) is 0 Å². The summed E-state index contributed by atoms with van der Waals surface area (Å²) in [4.78, 5) is 13.3. The third-order valence-electron chi connectivity index (χ3n) is 2.19. The first-order valence-corrected chi connectivity index (χ1v) is 4.74. The molecule has 13 heavy (non-hydrogen) atoms. The lowest BCUT2D eigenvalue weighted by atomic mass is 10.2.